The molecule has 0 spiro atoms. The van der Waals surface area contributed by atoms with Gasteiger partial charge in [-0.25, -0.2) is 4.70 Å². The second kappa shape index (κ2) is 8.75. The Kier molecular flexibility index (Phi) is 6.17. The number of hydrogen-bond donors (Lipinski definition) is 0. The Bertz CT molecular complexity index is 739. The lowest BCUT2D eigenvalue weighted by atomic mass is 10.0. The number of benzene rings is 2. The van der Waals surface area contributed by atoms with E-state index in [1.54, 1.807) is 0 Å². The minimum absolute atomic E-state index is 0.831. The molecule has 2 aromatic carbocycles. The van der Waals surface area contributed by atoms with Crippen LogP contribution in [-0.2, 0) is 12.8 Å². The molecular formula is C24H28N2. The molecule has 26 heavy (non-hydrogen) atoms. The minimum Gasteiger partial charge on any atom is -0.493 e. The average Bonchev–Trinajstić information content (AvgIpc) is 3.07. The van der Waals surface area contributed by atoms with Gasteiger partial charge in [0.1, 0.15) is 0 Å². The predicted molar refractivity (Wildman–Crippen MR) is 110 cm³/mol. The highest BCUT2D eigenvalue weighted by atomic mass is 15.2. The fraction of sp³-hybridized carbons (Fsp3) is 0.333. The summed E-state index contributed by atoms with van der Waals surface area (Å²) in [6.45, 7) is 4.43. The third-order valence-electron chi connectivity index (χ3n) is 4.99. The summed E-state index contributed by atoms with van der Waals surface area (Å²) in [4.78, 5) is 0. The maximum absolute atomic E-state index is 10.7. The Morgan fingerprint density at radius 3 is 1.38 bits per heavy atom. The van der Waals surface area contributed by atoms with Crippen LogP contribution in [0.3, 0.4) is 0 Å². The molecule has 1 aliphatic heterocycles. The fourth-order valence-corrected chi connectivity index (χ4v) is 3.31. The summed E-state index contributed by atoms with van der Waals surface area (Å²) in [5.41, 5.74) is 17.1. The van der Waals surface area contributed by atoms with Crippen LogP contribution in [0.2, 0.25) is 0 Å². The minimum atomic E-state index is 0.831. The SMILES string of the molecule is CCCCc1ccc(C2=CC=C(c3ccc(CCCC)cc3)[N+]2=[N-])cc1. The van der Waals surface area contributed by atoms with Gasteiger partial charge in [0, 0.05) is 23.3 Å². The Morgan fingerprint density at radius 2 is 1.04 bits per heavy atom. The highest BCUT2D eigenvalue weighted by Crippen LogP contribution is 2.31. The van der Waals surface area contributed by atoms with E-state index in [1.165, 1.54) is 41.5 Å². The van der Waals surface area contributed by atoms with Crippen molar-refractivity contribution in [2.75, 3.05) is 0 Å². The topological polar surface area (TPSA) is 25.3 Å². The second-order valence-corrected chi connectivity index (χ2v) is 7.02. The molecule has 0 N–H and O–H groups in total. The van der Waals surface area contributed by atoms with E-state index in [0.29, 0.717) is 0 Å². The molecule has 1 heterocycles. The average molecular weight is 345 g/mol. The molecule has 0 aromatic heterocycles. The van der Waals surface area contributed by atoms with Crippen LogP contribution >= 0.6 is 0 Å². The molecule has 0 aliphatic carbocycles. The van der Waals surface area contributed by atoms with E-state index in [1.807, 2.05) is 12.2 Å². The lowest BCUT2D eigenvalue weighted by molar-refractivity contribution is -0.344. The van der Waals surface area contributed by atoms with E-state index >= 15 is 0 Å². The zero-order valence-corrected chi connectivity index (χ0v) is 15.9. The van der Waals surface area contributed by atoms with Crippen LogP contribution in [-0.4, -0.2) is 4.70 Å². The molecule has 2 nitrogen and oxygen atoms in total. The second-order valence-electron chi connectivity index (χ2n) is 7.02. The van der Waals surface area contributed by atoms with Crippen LogP contribution < -0.4 is 0 Å². The van der Waals surface area contributed by atoms with Gasteiger partial charge in [0.25, 0.3) is 0 Å². The van der Waals surface area contributed by atoms with Crippen molar-refractivity contribution in [1.82, 2.24) is 0 Å². The number of aryl methyl sites for hydroxylation is 2. The normalized spacial score (nSPS) is 13.7. The molecule has 134 valence electrons. The Balaban J connectivity index is 1.68. The maximum atomic E-state index is 10.7. The van der Waals surface area contributed by atoms with Gasteiger partial charge in [-0.2, -0.15) is 0 Å². The first-order chi connectivity index (χ1) is 12.7. The van der Waals surface area contributed by atoms with Crippen LogP contribution in [0.25, 0.3) is 16.9 Å². The van der Waals surface area contributed by atoms with Gasteiger partial charge in [0.15, 0.2) is 0 Å². The smallest absolute Gasteiger partial charge is 0.207 e. The summed E-state index contributed by atoms with van der Waals surface area (Å²) in [6.07, 6.45) is 11.1. The third-order valence-corrected chi connectivity index (χ3v) is 4.99. The molecule has 2 heteroatoms. The zero-order chi connectivity index (χ0) is 18.4. The lowest BCUT2D eigenvalue weighted by Gasteiger charge is -2.10. The van der Waals surface area contributed by atoms with E-state index < -0.39 is 0 Å². The van der Waals surface area contributed by atoms with Gasteiger partial charge in [-0.3, -0.25) is 0 Å². The molecule has 0 bridgehead atoms. The van der Waals surface area contributed by atoms with Gasteiger partial charge in [-0.05, 0) is 61.1 Å². The van der Waals surface area contributed by atoms with E-state index in [-0.39, 0.29) is 0 Å². The van der Waals surface area contributed by atoms with Crippen LogP contribution in [0.15, 0.2) is 60.7 Å². The van der Waals surface area contributed by atoms with Gasteiger partial charge in [-0.15, -0.1) is 0 Å². The Hall–Kier alpha value is -2.48. The van der Waals surface area contributed by atoms with Gasteiger partial charge < -0.3 is 5.53 Å². The molecule has 0 radical (unpaired) electrons. The summed E-state index contributed by atoms with van der Waals surface area (Å²) in [5, 5.41) is 0. The molecule has 0 atom stereocenters. The molecule has 0 saturated carbocycles. The van der Waals surface area contributed by atoms with Crippen LogP contribution in [0.5, 0.6) is 0 Å². The van der Waals surface area contributed by atoms with E-state index in [4.69, 9.17) is 0 Å². The van der Waals surface area contributed by atoms with Crippen LogP contribution in [0, 0.1) is 0 Å². The van der Waals surface area contributed by atoms with Crippen molar-refractivity contribution >= 4 is 11.4 Å². The first-order valence-corrected chi connectivity index (χ1v) is 9.82. The van der Waals surface area contributed by atoms with Gasteiger partial charge in [0.05, 0.1) is 0 Å². The summed E-state index contributed by atoms with van der Waals surface area (Å²) in [7, 11) is 0. The zero-order valence-electron chi connectivity index (χ0n) is 15.9. The van der Waals surface area contributed by atoms with E-state index in [2.05, 4.69) is 62.4 Å². The first-order valence-electron chi connectivity index (χ1n) is 9.82. The van der Waals surface area contributed by atoms with Gasteiger partial charge >= 0.3 is 0 Å². The molecule has 0 fully saturated rings. The highest BCUT2D eigenvalue weighted by Gasteiger charge is 2.22. The molecule has 3 rings (SSSR count). The van der Waals surface area contributed by atoms with Gasteiger partial charge in [0.2, 0.25) is 11.4 Å². The highest BCUT2D eigenvalue weighted by molar-refractivity contribution is 5.74. The van der Waals surface area contributed by atoms with Crippen molar-refractivity contribution in [2.45, 2.75) is 52.4 Å². The largest absolute Gasteiger partial charge is 0.493 e. The fourth-order valence-electron chi connectivity index (χ4n) is 3.31. The van der Waals surface area contributed by atoms with Crippen molar-refractivity contribution in [2.24, 2.45) is 0 Å². The van der Waals surface area contributed by atoms with Crippen molar-refractivity contribution in [3.8, 4) is 0 Å². The van der Waals surface area contributed by atoms with Crippen LogP contribution in [0.4, 0.5) is 0 Å². The molecule has 0 unspecified atom stereocenters. The van der Waals surface area contributed by atoms with E-state index in [9.17, 15) is 5.53 Å². The first kappa shape index (κ1) is 18.3. The lowest BCUT2D eigenvalue weighted by Crippen LogP contribution is -2.01. The van der Waals surface area contributed by atoms with E-state index in [0.717, 1.165) is 35.4 Å². The quantitative estimate of drug-likeness (QED) is 0.470. The number of rotatable bonds is 8. The van der Waals surface area contributed by atoms with Crippen molar-refractivity contribution in [3.63, 3.8) is 0 Å². The summed E-state index contributed by atoms with van der Waals surface area (Å²) >= 11 is 0. The monoisotopic (exact) mass is 344 g/mol. The maximum Gasteiger partial charge on any atom is 0.207 e. The molecule has 1 aliphatic rings. The van der Waals surface area contributed by atoms with Gasteiger partial charge in [-0.1, -0.05) is 51.0 Å². The summed E-state index contributed by atoms with van der Waals surface area (Å²) in [5.74, 6) is 0. The predicted octanol–water partition coefficient (Wildman–Crippen LogP) is 6.80. The van der Waals surface area contributed by atoms with Crippen molar-refractivity contribution < 1.29 is 4.70 Å². The van der Waals surface area contributed by atoms with Crippen molar-refractivity contribution in [1.29, 1.82) is 0 Å². The summed E-state index contributed by atoms with van der Waals surface area (Å²) in [6, 6.07) is 17.1. The molecule has 0 amide bonds. The molecular weight excluding hydrogens is 316 g/mol. The van der Waals surface area contributed by atoms with Crippen molar-refractivity contribution in [3.05, 3.63) is 88.5 Å². The molecule has 2 aromatic rings. The Morgan fingerprint density at radius 1 is 0.654 bits per heavy atom. The Labute approximate surface area is 157 Å². The number of nitrogens with zero attached hydrogens (tertiary/aromatic N) is 2. The van der Waals surface area contributed by atoms with Crippen LogP contribution in [0.1, 0.15) is 61.8 Å². The standard InChI is InChI=1S/C24H28N2/c1-3-5-7-19-9-13-21(14-10-19)23-17-18-24(26(23)25)22-15-11-20(12-16-22)8-6-4-2/h9-18H,3-8H2,1-2H3. The third kappa shape index (κ3) is 4.19. The number of unbranched alkanes of at least 4 members (excludes halogenated alkanes) is 2. The molecule has 0 saturated heterocycles. The number of allylic oxidation sites excluding steroid dienone is 2. The number of hydrogen-bond acceptors (Lipinski definition) is 0. The summed E-state index contributed by atoms with van der Waals surface area (Å²) < 4.78 is 1.31.